The molecule has 134 valence electrons. The first-order valence-electron chi connectivity index (χ1n) is 8.15. The molecule has 0 bridgehead atoms. The second kappa shape index (κ2) is 6.34. The molecule has 1 atom stereocenters. The number of halogens is 1. The van der Waals surface area contributed by atoms with E-state index in [2.05, 4.69) is 5.32 Å². The molecule has 3 amide bonds. The van der Waals surface area contributed by atoms with Crippen LogP contribution in [0.3, 0.4) is 0 Å². The molecule has 7 nitrogen and oxygen atoms in total. The number of hydrogen-bond donors (Lipinski definition) is 1. The van der Waals surface area contributed by atoms with Crippen molar-refractivity contribution in [2.75, 3.05) is 22.9 Å². The quantitative estimate of drug-likeness (QED) is 0.895. The molecule has 1 aromatic rings. The van der Waals surface area contributed by atoms with E-state index >= 15 is 0 Å². The minimum Gasteiger partial charge on any atom is -0.442 e. The molecule has 2 aliphatic heterocycles. The predicted molar refractivity (Wildman–Crippen MR) is 89.0 cm³/mol. The van der Waals surface area contributed by atoms with Crippen LogP contribution in [0.4, 0.5) is 20.6 Å². The molecule has 1 N–H and O–H groups in total. The van der Waals surface area contributed by atoms with E-state index in [0.29, 0.717) is 11.3 Å². The Hall–Kier alpha value is -2.64. The van der Waals surface area contributed by atoms with E-state index in [1.165, 1.54) is 22.8 Å². The van der Waals surface area contributed by atoms with E-state index in [-0.39, 0.29) is 43.1 Å². The number of carbonyl (C=O) groups excluding carboxylic acids is 3. The van der Waals surface area contributed by atoms with Crippen molar-refractivity contribution < 1.29 is 23.5 Å². The molecule has 3 rings (SSSR count). The number of amides is 3. The Kier molecular flexibility index (Phi) is 4.36. The third-order valence-electron chi connectivity index (χ3n) is 4.26. The van der Waals surface area contributed by atoms with E-state index < -0.39 is 18.0 Å². The largest absolute Gasteiger partial charge is 0.442 e. The number of benzene rings is 1. The van der Waals surface area contributed by atoms with Crippen molar-refractivity contribution in [2.45, 2.75) is 39.3 Å². The van der Waals surface area contributed by atoms with Crippen LogP contribution in [0.5, 0.6) is 0 Å². The van der Waals surface area contributed by atoms with Gasteiger partial charge in [-0.25, -0.2) is 9.18 Å². The van der Waals surface area contributed by atoms with E-state index in [1.54, 1.807) is 6.07 Å². The summed E-state index contributed by atoms with van der Waals surface area (Å²) in [4.78, 5) is 37.9. The molecule has 0 saturated carbocycles. The molecule has 1 aromatic carbocycles. The van der Waals surface area contributed by atoms with Gasteiger partial charge < -0.3 is 15.0 Å². The first-order valence-corrected chi connectivity index (χ1v) is 8.15. The number of cyclic esters (lactones) is 1. The Balaban J connectivity index is 1.84. The van der Waals surface area contributed by atoms with Gasteiger partial charge in [0.25, 0.3) is 0 Å². The van der Waals surface area contributed by atoms with Gasteiger partial charge in [0.2, 0.25) is 11.8 Å². The molecule has 0 aromatic heterocycles. The maximum atomic E-state index is 14.6. The second-order valence-corrected chi connectivity index (χ2v) is 6.52. The molecule has 0 aliphatic carbocycles. The minimum atomic E-state index is -0.597. The average Bonchev–Trinajstić information content (AvgIpc) is 3.04. The Morgan fingerprint density at radius 1 is 1.40 bits per heavy atom. The zero-order valence-electron chi connectivity index (χ0n) is 14.3. The number of hydrogen-bond acceptors (Lipinski definition) is 4. The zero-order valence-corrected chi connectivity index (χ0v) is 14.3. The standard InChI is InChI=1S/C17H20FN3O4/c1-9(2)21-15(23)5-11-4-12(6-14(18)16(11)21)20-8-13(25-17(20)24)7-19-10(3)22/h4,6,9,13H,5,7-8H2,1-3H3,(H,19,22)/t13-/m0/s1. The van der Waals surface area contributed by atoms with Crippen molar-refractivity contribution >= 4 is 29.3 Å². The monoisotopic (exact) mass is 349 g/mol. The SMILES string of the molecule is CC(=O)NC[C@H]1CN(c2cc(F)c3c(c2)CC(=O)N3C(C)C)C(=O)O1. The fourth-order valence-corrected chi connectivity index (χ4v) is 3.22. The lowest BCUT2D eigenvalue weighted by molar-refractivity contribution is -0.119. The van der Waals surface area contributed by atoms with Gasteiger partial charge >= 0.3 is 6.09 Å². The van der Waals surface area contributed by atoms with Gasteiger partial charge in [0, 0.05) is 13.0 Å². The van der Waals surface area contributed by atoms with Gasteiger partial charge in [0.05, 0.1) is 30.9 Å². The van der Waals surface area contributed by atoms with Crippen LogP contribution in [0.25, 0.3) is 0 Å². The minimum absolute atomic E-state index is 0.108. The van der Waals surface area contributed by atoms with Crippen molar-refractivity contribution in [3.8, 4) is 0 Å². The highest BCUT2D eigenvalue weighted by Gasteiger charge is 2.36. The summed E-state index contributed by atoms with van der Waals surface area (Å²) >= 11 is 0. The predicted octanol–water partition coefficient (Wildman–Crippen LogP) is 1.58. The van der Waals surface area contributed by atoms with Crippen LogP contribution >= 0.6 is 0 Å². The van der Waals surface area contributed by atoms with E-state index in [0.717, 1.165) is 0 Å². The normalized spacial score (nSPS) is 19.5. The van der Waals surface area contributed by atoms with Crippen molar-refractivity contribution in [1.82, 2.24) is 5.32 Å². The molecular weight excluding hydrogens is 329 g/mol. The van der Waals surface area contributed by atoms with Crippen LogP contribution in [0.1, 0.15) is 26.3 Å². The summed E-state index contributed by atoms with van der Waals surface area (Å²) in [7, 11) is 0. The van der Waals surface area contributed by atoms with Crippen LogP contribution in [0, 0.1) is 5.82 Å². The van der Waals surface area contributed by atoms with Crippen molar-refractivity contribution in [3.63, 3.8) is 0 Å². The molecule has 25 heavy (non-hydrogen) atoms. The highest BCUT2D eigenvalue weighted by atomic mass is 19.1. The maximum Gasteiger partial charge on any atom is 0.414 e. The molecule has 1 fully saturated rings. The second-order valence-electron chi connectivity index (χ2n) is 6.52. The average molecular weight is 349 g/mol. The van der Waals surface area contributed by atoms with Gasteiger partial charge in [-0.1, -0.05) is 0 Å². The first kappa shape index (κ1) is 17.2. The van der Waals surface area contributed by atoms with Crippen LogP contribution in [-0.2, 0) is 20.7 Å². The van der Waals surface area contributed by atoms with Gasteiger partial charge in [-0.2, -0.15) is 0 Å². The Bertz CT molecular complexity index is 750. The lowest BCUT2D eigenvalue weighted by Crippen LogP contribution is -2.34. The summed E-state index contributed by atoms with van der Waals surface area (Å²) in [6.07, 6.45) is -0.988. The third kappa shape index (κ3) is 3.16. The van der Waals surface area contributed by atoms with E-state index in [4.69, 9.17) is 4.74 Å². The Morgan fingerprint density at radius 3 is 2.76 bits per heavy atom. The number of carbonyl (C=O) groups is 3. The lowest BCUT2D eigenvalue weighted by Gasteiger charge is -2.23. The summed E-state index contributed by atoms with van der Waals surface area (Å²) in [5.41, 5.74) is 1.20. The molecule has 2 aliphatic rings. The van der Waals surface area contributed by atoms with Crippen LogP contribution in [-0.4, -0.2) is 43.1 Å². The van der Waals surface area contributed by atoms with Gasteiger partial charge in [-0.15, -0.1) is 0 Å². The molecule has 1 saturated heterocycles. The molecular formula is C17H20FN3O4. The number of anilines is 2. The number of nitrogens with zero attached hydrogens (tertiary/aromatic N) is 2. The summed E-state index contributed by atoms with van der Waals surface area (Å²) in [6, 6.07) is 2.75. The lowest BCUT2D eigenvalue weighted by atomic mass is 10.1. The smallest absolute Gasteiger partial charge is 0.414 e. The van der Waals surface area contributed by atoms with Gasteiger partial charge in [0.1, 0.15) is 11.9 Å². The maximum absolute atomic E-state index is 14.6. The molecule has 0 unspecified atom stereocenters. The van der Waals surface area contributed by atoms with Crippen molar-refractivity contribution in [2.24, 2.45) is 0 Å². The Labute approximate surface area is 144 Å². The zero-order chi connectivity index (χ0) is 18.3. The van der Waals surface area contributed by atoms with Crippen LogP contribution in [0.2, 0.25) is 0 Å². The number of rotatable bonds is 4. The number of ether oxygens (including phenoxy) is 1. The molecule has 2 heterocycles. The Morgan fingerprint density at radius 2 is 2.12 bits per heavy atom. The summed E-state index contributed by atoms with van der Waals surface area (Å²) in [6.45, 7) is 5.43. The highest BCUT2D eigenvalue weighted by Crippen LogP contribution is 2.37. The summed E-state index contributed by atoms with van der Waals surface area (Å²) in [5.74, 6) is -0.913. The van der Waals surface area contributed by atoms with Gasteiger partial charge in [0.15, 0.2) is 0 Å². The topological polar surface area (TPSA) is 79.0 Å². The van der Waals surface area contributed by atoms with Crippen molar-refractivity contribution in [3.05, 3.63) is 23.5 Å². The van der Waals surface area contributed by atoms with E-state index in [9.17, 15) is 18.8 Å². The van der Waals surface area contributed by atoms with Crippen molar-refractivity contribution in [1.29, 1.82) is 0 Å². The fourth-order valence-electron chi connectivity index (χ4n) is 3.22. The van der Waals surface area contributed by atoms with E-state index in [1.807, 2.05) is 13.8 Å². The summed E-state index contributed by atoms with van der Waals surface area (Å²) < 4.78 is 19.8. The molecule has 0 radical (unpaired) electrons. The summed E-state index contributed by atoms with van der Waals surface area (Å²) in [5, 5.41) is 2.59. The molecule has 8 heteroatoms. The third-order valence-corrected chi connectivity index (χ3v) is 4.26. The highest BCUT2D eigenvalue weighted by molar-refractivity contribution is 6.03. The number of fused-ring (bicyclic) bond motifs is 1. The fraction of sp³-hybridized carbons (Fsp3) is 0.471. The van der Waals surface area contributed by atoms with Gasteiger partial charge in [-0.3, -0.25) is 14.5 Å². The number of nitrogens with one attached hydrogen (secondary N) is 1. The van der Waals surface area contributed by atoms with Gasteiger partial charge in [-0.05, 0) is 31.5 Å². The molecule has 0 spiro atoms. The van der Waals surface area contributed by atoms with Crippen LogP contribution < -0.4 is 15.1 Å². The first-order chi connectivity index (χ1) is 11.8. The van der Waals surface area contributed by atoms with Crippen LogP contribution in [0.15, 0.2) is 12.1 Å².